The fraction of sp³-hybridized carbons (Fsp3) is 0.783. The first kappa shape index (κ1) is 31.1. The lowest BCUT2D eigenvalue weighted by Gasteiger charge is -2.30. The van der Waals surface area contributed by atoms with E-state index >= 15 is 0 Å². The van der Waals surface area contributed by atoms with Gasteiger partial charge in [0, 0.05) is 13.1 Å². The van der Waals surface area contributed by atoms with Crippen LogP contribution in [-0.4, -0.2) is 83.5 Å². The Kier molecular flexibility index (Phi) is 13.8. The molecule has 0 aromatic rings. The second-order valence-corrected chi connectivity index (χ2v) is 9.62. The molecule has 3 amide bonds. The van der Waals surface area contributed by atoms with E-state index in [1.807, 2.05) is 13.8 Å². The molecule has 1 aliphatic rings. The van der Waals surface area contributed by atoms with Crippen molar-refractivity contribution in [3.05, 3.63) is 0 Å². The molecule has 4 atom stereocenters. The molecule has 4 unspecified atom stereocenters. The van der Waals surface area contributed by atoms with E-state index in [2.05, 4.69) is 15.6 Å². The Labute approximate surface area is 212 Å². The van der Waals surface area contributed by atoms with Crippen molar-refractivity contribution in [1.29, 1.82) is 0 Å². The number of aliphatic carboxylic acids is 1. The van der Waals surface area contributed by atoms with Crippen molar-refractivity contribution >= 4 is 29.7 Å². The Morgan fingerprint density at radius 3 is 2.33 bits per heavy atom. The number of nitrogens with zero attached hydrogens (tertiary/aromatic N) is 2. The van der Waals surface area contributed by atoms with E-state index in [9.17, 15) is 24.3 Å². The number of carboxylic acid groups (broad SMARTS) is 1. The summed E-state index contributed by atoms with van der Waals surface area (Å²) in [5.74, 6) is -2.46. The third-order valence-electron chi connectivity index (χ3n) is 6.03. The van der Waals surface area contributed by atoms with Gasteiger partial charge in [-0.3, -0.25) is 19.4 Å². The smallest absolute Gasteiger partial charge is 0.326 e. The molecule has 0 spiro atoms. The number of carbonyl (C=O) groups is 4. The van der Waals surface area contributed by atoms with Crippen LogP contribution in [0.25, 0.3) is 0 Å². The number of nitrogens with one attached hydrogen (secondary N) is 2. The van der Waals surface area contributed by atoms with Crippen LogP contribution in [0.15, 0.2) is 4.99 Å². The van der Waals surface area contributed by atoms with Crippen molar-refractivity contribution in [2.45, 2.75) is 89.4 Å². The third kappa shape index (κ3) is 10.8. The van der Waals surface area contributed by atoms with E-state index in [0.717, 1.165) is 0 Å². The Balaban J connectivity index is 2.88. The summed E-state index contributed by atoms with van der Waals surface area (Å²) in [5.41, 5.74) is 22.2. The maximum atomic E-state index is 13.4. The minimum atomic E-state index is -1.12. The fourth-order valence-corrected chi connectivity index (χ4v) is 4.14. The van der Waals surface area contributed by atoms with Gasteiger partial charge in [0.2, 0.25) is 17.7 Å². The molecule has 0 radical (unpaired) electrons. The zero-order valence-electron chi connectivity index (χ0n) is 21.4. The molecule has 1 saturated heterocycles. The predicted octanol–water partition coefficient (Wildman–Crippen LogP) is -1.41. The molecule has 11 N–H and O–H groups in total. The van der Waals surface area contributed by atoms with Gasteiger partial charge >= 0.3 is 5.97 Å². The first-order chi connectivity index (χ1) is 17.0. The molecule has 36 heavy (non-hydrogen) atoms. The van der Waals surface area contributed by atoms with Crippen molar-refractivity contribution in [2.75, 3.05) is 19.6 Å². The van der Waals surface area contributed by atoms with E-state index in [0.29, 0.717) is 64.6 Å². The molecule has 1 aliphatic heterocycles. The average molecular weight is 513 g/mol. The molecule has 1 heterocycles. The van der Waals surface area contributed by atoms with Gasteiger partial charge in [0.05, 0.1) is 6.04 Å². The first-order valence-corrected chi connectivity index (χ1v) is 12.6. The first-order valence-electron chi connectivity index (χ1n) is 12.6. The van der Waals surface area contributed by atoms with Gasteiger partial charge in [-0.15, -0.1) is 0 Å². The van der Waals surface area contributed by atoms with Gasteiger partial charge in [0.15, 0.2) is 5.96 Å². The number of unbranched alkanes of at least 4 members (excludes halogenated alkanes) is 1. The molecule has 13 heteroatoms. The monoisotopic (exact) mass is 512 g/mol. The highest BCUT2D eigenvalue weighted by Crippen LogP contribution is 2.21. The summed E-state index contributed by atoms with van der Waals surface area (Å²) >= 11 is 0. The van der Waals surface area contributed by atoms with Crippen LogP contribution < -0.4 is 33.6 Å². The molecule has 0 aliphatic carbocycles. The Morgan fingerprint density at radius 2 is 1.75 bits per heavy atom. The van der Waals surface area contributed by atoms with Crippen LogP contribution in [-0.2, 0) is 19.2 Å². The highest BCUT2D eigenvalue weighted by atomic mass is 16.4. The Morgan fingerprint density at radius 1 is 1.06 bits per heavy atom. The van der Waals surface area contributed by atoms with E-state index in [-0.39, 0.29) is 24.2 Å². The fourth-order valence-electron chi connectivity index (χ4n) is 4.14. The van der Waals surface area contributed by atoms with Crippen molar-refractivity contribution in [2.24, 2.45) is 33.8 Å². The zero-order chi connectivity index (χ0) is 27.3. The molecular formula is C23H44N8O5. The van der Waals surface area contributed by atoms with Gasteiger partial charge in [0.1, 0.15) is 18.1 Å². The largest absolute Gasteiger partial charge is 0.480 e. The second kappa shape index (κ2) is 15.9. The van der Waals surface area contributed by atoms with Crippen molar-refractivity contribution in [3.63, 3.8) is 0 Å². The Bertz CT molecular complexity index is 772. The van der Waals surface area contributed by atoms with E-state index in [1.165, 1.54) is 4.90 Å². The van der Waals surface area contributed by atoms with Gasteiger partial charge < -0.3 is 43.6 Å². The summed E-state index contributed by atoms with van der Waals surface area (Å²) < 4.78 is 0. The minimum Gasteiger partial charge on any atom is -0.480 e. The van der Waals surface area contributed by atoms with Gasteiger partial charge in [0.25, 0.3) is 0 Å². The summed E-state index contributed by atoms with van der Waals surface area (Å²) in [4.78, 5) is 56.0. The highest BCUT2D eigenvalue weighted by Gasteiger charge is 2.39. The number of likely N-dealkylation sites (tertiary alicyclic amines) is 1. The van der Waals surface area contributed by atoms with Gasteiger partial charge in [-0.25, -0.2) is 4.79 Å². The summed E-state index contributed by atoms with van der Waals surface area (Å²) in [6.45, 7) is 4.86. The number of aliphatic imine (C=N–C) groups is 1. The molecule has 0 aromatic carbocycles. The number of hydrogen-bond acceptors (Lipinski definition) is 7. The van der Waals surface area contributed by atoms with Crippen LogP contribution >= 0.6 is 0 Å². The minimum absolute atomic E-state index is 0.0401. The SMILES string of the molecule is CC(C)CC(NC(=O)C1CCCN1C(=O)C(CCCCN)NC(=O)C(N)CCCN=C(N)N)C(=O)O. The van der Waals surface area contributed by atoms with Crippen molar-refractivity contribution in [1.82, 2.24) is 15.5 Å². The number of amides is 3. The van der Waals surface area contributed by atoms with Crippen LogP contribution in [0, 0.1) is 5.92 Å². The number of hydrogen-bond donors (Lipinski definition) is 7. The summed E-state index contributed by atoms with van der Waals surface area (Å²) in [5, 5.41) is 14.8. The molecular weight excluding hydrogens is 468 g/mol. The normalized spacial score (nSPS) is 17.8. The number of carbonyl (C=O) groups excluding carboxylic acids is 3. The van der Waals surface area contributed by atoms with E-state index in [1.54, 1.807) is 0 Å². The topological polar surface area (TPSA) is 232 Å². The standard InChI is InChI=1S/C23H44N8O5/c1-14(2)13-17(22(35)36)30-20(33)18-9-6-12-31(18)21(34)16(8-3-4-10-24)29-19(32)15(25)7-5-11-28-23(26)27/h14-18H,3-13,24-25H2,1-2H3,(H,29,32)(H,30,33)(H,35,36)(H4,26,27,28). The molecule has 13 nitrogen and oxygen atoms in total. The van der Waals surface area contributed by atoms with Crippen LogP contribution in [0.4, 0.5) is 0 Å². The number of guanidine groups is 1. The second-order valence-electron chi connectivity index (χ2n) is 9.62. The summed E-state index contributed by atoms with van der Waals surface area (Å²) in [6, 6.07) is -3.55. The zero-order valence-corrected chi connectivity index (χ0v) is 21.4. The maximum absolute atomic E-state index is 13.4. The predicted molar refractivity (Wildman–Crippen MR) is 136 cm³/mol. The maximum Gasteiger partial charge on any atom is 0.326 e. The lowest BCUT2D eigenvalue weighted by molar-refractivity contribution is -0.145. The molecule has 1 rings (SSSR count). The summed E-state index contributed by atoms with van der Waals surface area (Å²) in [6.07, 6.45) is 3.73. The number of nitrogens with two attached hydrogens (primary N) is 4. The van der Waals surface area contributed by atoms with Crippen molar-refractivity contribution in [3.8, 4) is 0 Å². The third-order valence-corrected chi connectivity index (χ3v) is 6.03. The molecule has 0 aromatic heterocycles. The van der Waals surface area contributed by atoms with Crippen molar-refractivity contribution < 1.29 is 24.3 Å². The Hall–Kier alpha value is -2.93. The molecule has 0 bridgehead atoms. The van der Waals surface area contributed by atoms with Gasteiger partial charge in [-0.05, 0) is 63.8 Å². The van der Waals surface area contributed by atoms with E-state index in [4.69, 9.17) is 22.9 Å². The lowest BCUT2D eigenvalue weighted by atomic mass is 10.0. The number of carboxylic acids is 1. The summed E-state index contributed by atoms with van der Waals surface area (Å²) in [7, 11) is 0. The lowest BCUT2D eigenvalue weighted by Crippen LogP contribution is -2.56. The molecule has 206 valence electrons. The van der Waals surface area contributed by atoms with E-state index < -0.39 is 42.0 Å². The van der Waals surface area contributed by atoms with Crippen LogP contribution in [0.2, 0.25) is 0 Å². The van der Waals surface area contributed by atoms with Gasteiger partial charge in [-0.2, -0.15) is 0 Å². The van der Waals surface area contributed by atoms with Gasteiger partial charge in [-0.1, -0.05) is 13.8 Å². The molecule has 1 fully saturated rings. The van der Waals surface area contributed by atoms with Crippen LogP contribution in [0.1, 0.15) is 65.2 Å². The van der Waals surface area contributed by atoms with Crippen LogP contribution in [0.5, 0.6) is 0 Å². The number of rotatable bonds is 16. The quantitative estimate of drug-likeness (QED) is 0.0729. The average Bonchev–Trinajstić information content (AvgIpc) is 3.29. The molecule has 0 saturated carbocycles. The highest BCUT2D eigenvalue weighted by molar-refractivity contribution is 5.94. The van der Waals surface area contributed by atoms with Crippen LogP contribution in [0.3, 0.4) is 0 Å².